The van der Waals surface area contributed by atoms with Crippen molar-refractivity contribution >= 4 is 12.3 Å². The fourth-order valence-electron chi connectivity index (χ4n) is 0.956. The van der Waals surface area contributed by atoms with E-state index >= 15 is 0 Å². The first-order valence-electron chi connectivity index (χ1n) is 3.42. The number of methoxy groups -OCH3 is 1. The highest BCUT2D eigenvalue weighted by molar-refractivity contribution is 5.93. The van der Waals surface area contributed by atoms with Gasteiger partial charge in [0.15, 0.2) is 6.29 Å². The zero-order valence-electron chi connectivity index (χ0n) is 6.88. The van der Waals surface area contributed by atoms with Gasteiger partial charge in [-0.3, -0.25) is 4.79 Å². The van der Waals surface area contributed by atoms with E-state index in [1.807, 2.05) is 0 Å². The van der Waals surface area contributed by atoms with Gasteiger partial charge in [-0.25, -0.2) is 4.79 Å². The molecule has 0 spiro atoms. The molecule has 1 rings (SSSR count). The zero-order chi connectivity index (χ0) is 9.14. The molecule has 0 aliphatic heterocycles. The Bertz CT molecular complexity index is 314. The molecule has 0 aliphatic rings. The molecule has 0 saturated carbocycles. The second kappa shape index (κ2) is 3.21. The van der Waals surface area contributed by atoms with Crippen LogP contribution >= 0.6 is 0 Å². The summed E-state index contributed by atoms with van der Waals surface area (Å²) in [4.78, 5) is 24.0. The molecule has 1 aromatic heterocycles. The van der Waals surface area contributed by atoms with Crippen molar-refractivity contribution in [3.63, 3.8) is 0 Å². The summed E-state index contributed by atoms with van der Waals surface area (Å²) >= 11 is 0. The van der Waals surface area contributed by atoms with Crippen molar-refractivity contribution in [2.75, 3.05) is 7.11 Å². The molecule has 1 N–H and O–H groups in total. The van der Waals surface area contributed by atoms with Crippen molar-refractivity contribution < 1.29 is 14.3 Å². The van der Waals surface area contributed by atoms with Crippen LogP contribution in [0.4, 0.5) is 0 Å². The van der Waals surface area contributed by atoms with E-state index in [1.165, 1.54) is 13.3 Å². The molecule has 0 aliphatic carbocycles. The maximum Gasteiger partial charge on any atom is 0.339 e. The summed E-state index contributed by atoms with van der Waals surface area (Å²) < 4.78 is 4.50. The SMILES string of the molecule is COC(=O)c1c[nH]c(C=O)c1C. The highest BCUT2D eigenvalue weighted by Gasteiger charge is 2.13. The van der Waals surface area contributed by atoms with Gasteiger partial charge in [-0.05, 0) is 12.5 Å². The minimum atomic E-state index is -0.433. The number of H-pyrrole nitrogens is 1. The van der Waals surface area contributed by atoms with E-state index < -0.39 is 5.97 Å². The molecule has 0 aromatic carbocycles. The number of hydrogen-bond donors (Lipinski definition) is 1. The van der Waals surface area contributed by atoms with E-state index in [0.29, 0.717) is 23.1 Å². The van der Waals surface area contributed by atoms with Gasteiger partial charge < -0.3 is 9.72 Å². The predicted molar refractivity (Wildman–Crippen MR) is 42.3 cm³/mol. The maximum absolute atomic E-state index is 11.0. The van der Waals surface area contributed by atoms with Crippen LogP contribution in [0.5, 0.6) is 0 Å². The van der Waals surface area contributed by atoms with Crippen LogP contribution in [0.25, 0.3) is 0 Å². The normalized spacial score (nSPS) is 9.50. The van der Waals surface area contributed by atoms with Crippen LogP contribution in [0, 0.1) is 6.92 Å². The number of carbonyl (C=O) groups is 2. The Kier molecular flexibility index (Phi) is 2.28. The molecule has 1 heterocycles. The number of aromatic amines is 1. The van der Waals surface area contributed by atoms with Gasteiger partial charge in [-0.15, -0.1) is 0 Å². The van der Waals surface area contributed by atoms with Gasteiger partial charge >= 0.3 is 5.97 Å². The van der Waals surface area contributed by atoms with Crippen LogP contribution in [0.1, 0.15) is 26.4 Å². The van der Waals surface area contributed by atoms with E-state index in [-0.39, 0.29) is 0 Å². The third-order valence-corrected chi connectivity index (χ3v) is 1.70. The minimum absolute atomic E-state index is 0.402. The topological polar surface area (TPSA) is 59.2 Å². The second-order valence-corrected chi connectivity index (χ2v) is 2.35. The first-order chi connectivity index (χ1) is 5.70. The smallest absolute Gasteiger partial charge is 0.339 e. The third kappa shape index (κ3) is 1.23. The van der Waals surface area contributed by atoms with Gasteiger partial charge in [-0.1, -0.05) is 0 Å². The highest BCUT2D eigenvalue weighted by atomic mass is 16.5. The lowest BCUT2D eigenvalue weighted by Crippen LogP contribution is -2.01. The average molecular weight is 167 g/mol. The van der Waals surface area contributed by atoms with E-state index in [1.54, 1.807) is 6.92 Å². The molecule has 4 heteroatoms. The van der Waals surface area contributed by atoms with E-state index in [9.17, 15) is 9.59 Å². The molecule has 0 bridgehead atoms. The number of aldehydes is 1. The molecule has 4 nitrogen and oxygen atoms in total. The minimum Gasteiger partial charge on any atom is -0.465 e. The van der Waals surface area contributed by atoms with Gasteiger partial charge in [-0.2, -0.15) is 0 Å². The first kappa shape index (κ1) is 8.52. The van der Waals surface area contributed by atoms with Crippen molar-refractivity contribution in [3.8, 4) is 0 Å². The lowest BCUT2D eigenvalue weighted by atomic mass is 10.2. The number of hydrogen-bond acceptors (Lipinski definition) is 3. The van der Waals surface area contributed by atoms with Crippen molar-refractivity contribution in [1.29, 1.82) is 0 Å². The zero-order valence-corrected chi connectivity index (χ0v) is 6.88. The fourth-order valence-corrected chi connectivity index (χ4v) is 0.956. The summed E-state index contributed by atoms with van der Waals surface area (Å²) in [5.41, 5.74) is 1.44. The number of ether oxygens (including phenoxy) is 1. The summed E-state index contributed by atoms with van der Waals surface area (Å²) in [6, 6.07) is 0. The molecule has 0 unspecified atom stereocenters. The number of rotatable bonds is 2. The summed E-state index contributed by atoms with van der Waals surface area (Å²) in [5.74, 6) is -0.433. The van der Waals surface area contributed by atoms with E-state index in [4.69, 9.17) is 0 Å². The quantitative estimate of drug-likeness (QED) is 0.526. The molecule has 1 aromatic rings. The predicted octanol–water partition coefficient (Wildman–Crippen LogP) is 0.922. The summed E-state index contributed by atoms with van der Waals surface area (Å²) in [7, 11) is 1.30. The Morgan fingerprint density at radius 2 is 2.33 bits per heavy atom. The van der Waals surface area contributed by atoms with Crippen LogP contribution in [0.15, 0.2) is 6.20 Å². The van der Waals surface area contributed by atoms with Crippen LogP contribution in [-0.4, -0.2) is 24.3 Å². The second-order valence-electron chi connectivity index (χ2n) is 2.35. The van der Waals surface area contributed by atoms with Crippen molar-refractivity contribution in [2.45, 2.75) is 6.92 Å². The van der Waals surface area contributed by atoms with Gasteiger partial charge in [0.2, 0.25) is 0 Å². The molecule has 64 valence electrons. The highest BCUT2D eigenvalue weighted by Crippen LogP contribution is 2.11. The monoisotopic (exact) mass is 167 g/mol. The van der Waals surface area contributed by atoms with Crippen molar-refractivity contribution in [3.05, 3.63) is 23.0 Å². The van der Waals surface area contributed by atoms with Crippen LogP contribution < -0.4 is 0 Å². The Morgan fingerprint density at radius 1 is 1.67 bits per heavy atom. The summed E-state index contributed by atoms with van der Waals surface area (Å²) in [6.07, 6.45) is 2.13. The van der Waals surface area contributed by atoms with Crippen LogP contribution in [-0.2, 0) is 4.74 Å². The summed E-state index contributed by atoms with van der Waals surface area (Å²) in [5, 5.41) is 0. The molecular weight excluding hydrogens is 158 g/mol. The Morgan fingerprint density at radius 3 is 2.75 bits per heavy atom. The molecule has 0 atom stereocenters. The molecular formula is C8H9NO3. The van der Waals surface area contributed by atoms with Crippen LogP contribution in [0.2, 0.25) is 0 Å². The molecule has 12 heavy (non-hydrogen) atoms. The van der Waals surface area contributed by atoms with E-state index in [0.717, 1.165) is 0 Å². The first-order valence-corrected chi connectivity index (χ1v) is 3.42. The van der Waals surface area contributed by atoms with Gasteiger partial charge in [0.1, 0.15) is 0 Å². The van der Waals surface area contributed by atoms with Crippen molar-refractivity contribution in [1.82, 2.24) is 4.98 Å². The lowest BCUT2D eigenvalue weighted by Gasteiger charge is -1.95. The lowest BCUT2D eigenvalue weighted by molar-refractivity contribution is 0.0600. The average Bonchev–Trinajstić information content (AvgIpc) is 2.45. The number of aromatic nitrogens is 1. The number of nitrogens with one attached hydrogen (secondary N) is 1. The molecule has 0 amide bonds. The van der Waals surface area contributed by atoms with Crippen LogP contribution in [0.3, 0.4) is 0 Å². The van der Waals surface area contributed by atoms with E-state index in [2.05, 4.69) is 9.72 Å². The largest absolute Gasteiger partial charge is 0.465 e. The van der Waals surface area contributed by atoms with Gasteiger partial charge in [0.05, 0.1) is 18.4 Å². The molecule has 0 fully saturated rings. The van der Waals surface area contributed by atoms with Crippen molar-refractivity contribution in [2.24, 2.45) is 0 Å². The third-order valence-electron chi connectivity index (χ3n) is 1.70. The maximum atomic E-state index is 11.0. The Hall–Kier alpha value is -1.58. The fraction of sp³-hybridized carbons (Fsp3) is 0.250. The number of carbonyl (C=O) groups excluding carboxylic acids is 2. The van der Waals surface area contributed by atoms with Gasteiger partial charge in [0.25, 0.3) is 0 Å². The Balaban J connectivity index is 3.10. The standard InChI is InChI=1S/C8H9NO3/c1-5-6(8(11)12-2)3-9-7(5)4-10/h3-4,9H,1-2H3. The molecule has 0 saturated heterocycles. The molecule has 0 radical (unpaired) electrons. The Labute approximate surface area is 69.5 Å². The van der Waals surface area contributed by atoms with Gasteiger partial charge in [0, 0.05) is 6.20 Å². The number of esters is 1. The summed E-state index contributed by atoms with van der Waals surface area (Å²) in [6.45, 7) is 1.69.